The zero-order valence-corrected chi connectivity index (χ0v) is 29.4. The first kappa shape index (κ1) is 35.9. The highest BCUT2D eigenvalue weighted by Gasteiger charge is 2.32. The predicted octanol–water partition coefficient (Wildman–Crippen LogP) is 6.50. The molecule has 5 aromatic rings. The van der Waals surface area contributed by atoms with Crippen molar-refractivity contribution >= 4 is 23.8 Å². The summed E-state index contributed by atoms with van der Waals surface area (Å²) >= 11 is 1.66. The summed E-state index contributed by atoms with van der Waals surface area (Å²) in [5.41, 5.74) is 6.64. The maximum Gasteiger partial charge on any atom is 0.328 e. The molecule has 1 aromatic heterocycles. The minimum atomic E-state index is -0.809. The lowest BCUT2D eigenvalue weighted by Crippen LogP contribution is -2.47. The molecule has 2 heterocycles. The van der Waals surface area contributed by atoms with Gasteiger partial charge in [0, 0.05) is 50.1 Å². The molecule has 3 N–H and O–H groups in total. The SMILES string of the molecule is COC(=O)C(Cc1ccccc1)NC(=O)NCc1cccc(-c2ccc(C3OC(CSc4nccn4C)CC(c4ccc(CO)cc4)O3)cc2)c1. The fourth-order valence-electron chi connectivity index (χ4n) is 5.95. The highest BCUT2D eigenvalue weighted by molar-refractivity contribution is 7.99. The number of carbonyl (C=O) groups is 2. The average Bonchev–Trinajstić information content (AvgIpc) is 3.60. The van der Waals surface area contributed by atoms with Gasteiger partial charge in [-0.2, -0.15) is 0 Å². The van der Waals surface area contributed by atoms with Gasteiger partial charge in [-0.3, -0.25) is 0 Å². The van der Waals surface area contributed by atoms with Gasteiger partial charge < -0.3 is 34.5 Å². The van der Waals surface area contributed by atoms with E-state index in [1.165, 1.54) is 7.11 Å². The van der Waals surface area contributed by atoms with Gasteiger partial charge in [-0.1, -0.05) is 109 Å². The van der Waals surface area contributed by atoms with Crippen LogP contribution in [0.15, 0.2) is 121 Å². The minimum Gasteiger partial charge on any atom is -0.467 e. The van der Waals surface area contributed by atoms with Gasteiger partial charge in [0.1, 0.15) is 6.04 Å². The van der Waals surface area contributed by atoms with Crippen molar-refractivity contribution in [3.05, 3.63) is 143 Å². The lowest BCUT2D eigenvalue weighted by molar-refractivity contribution is -0.245. The Kier molecular flexibility index (Phi) is 12.2. The summed E-state index contributed by atoms with van der Waals surface area (Å²) in [5.74, 6) is 0.220. The van der Waals surface area contributed by atoms with Crippen molar-refractivity contribution in [2.45, 2.75) is 55.7 Å². The van der Waals surface area contributed by atoms with E-state index < -0.39 is 24.3 Å². The molecule has 0 saturated carbocycles. The number of amides is 2. The fourth-order valence-corrected chi connectivity index (χ4v) is 6.90. The number of benzene rings is 4. The minimum absolute atomic E-state index is 0.00573. The zero-order chi connectivity index (χ0) is 35.6. The van der Waals surface area contributed by atoms with Crippen molar-refractivity contribution in [1.82, 2.24) is 20.2 Å². The van der Waals surface area contributed by atoms with E-state index in [-0.39, 0.29) is 25.4 Å². The molecule has 1 aliphatic rings. The molecule has 4 unspecified atom stereocenters. The van der Waals surface area contributed by atoms with E-state index in [1.807, 2.05) is 121 Å². The molecule has 1 saturated heterocycles. The molecule has 0 radical (unpaired) electrons. The number of aliphatic hydroxyl groups is 1. The molecule has 51 heavy (non-hydrogen) atoms. The quantitative estimate of drug-likeness (QED) is 0.0937. The third-order valence-corrected chi connectivity index (χ3v) is 9.95. The van der Waals surface area contributed by atoms with Gasteiger partial charge in [0.2, 0.25) is 0 Å². The van der Waals surface area contributed by atoms with Crippen LogP contribution in [0.5, 0.6) is 0 Å². The number of hydrogen-bond acceptors (Lipinski definition) is 8. The standard InChI is InChI=1S/C40H42N4O6S/c1-44-20-19-41-40(44)51-26-34-23-36(31-13-11-28(25-45)12-14-31)50-38(49-34)32-17-15-30(16-18-32)33-10-6-9-29(21-33)24-42-39(47)43-35(37(46)48-2)22-27-7-4-3-5-8-27/h3-21,34-36,38,45H,22-26H2,1-2H3,(H2,42,43,47). The fraction of sp³-hybridized carbons (Fsp3) is 0.275. The van der Waals surface area contributed by atoms with Crippen LogP contribution in [0.1, 0.15) is 46.6 Å². The van der Waals surface area contributed by atoms with E-state index in [1.54, 1.807) is 18.0 Å². The summed E-state index contributed by atoms with van der Waals surface area (Å²) in [7, 11) is 3.29. The first-order chi connectivity index (χ1) is 24.9. The van der Waals surface area contributed by atoms with Gasteiger partial charge >= 0.3 is 12.0 Å². The molecular formula is C40H42N4O6S. The number of ether oxygens (including phenoxy) is 3. The number of aliphatic hydroxyl groups excluding tert-OH is 1. The molecule has 0 aliphatic carbocycles. The molecule has 11 heteroatoms. The largest absolute Gasteiger partial charge is 0.467 e. The van der Waals surface area contributed by atoms with Crippen molar-refractivity contribution < 1.29 is 28.9 Å². The van der Waals surface area contributed by atoms with Gasteiger partial charge in [-0.25, -0.2) is 14.6 Å². The number of imidazole rings is 1. The number of nitrogens with one attached hydrogen (secondary N) is 2. The Morgan fingerprint density at radius 3 is 2.37 bits per heavy atom. The molecular weight excluding hydrogens is 665 g/mol. The maximum atomic E-state index is 12.8. The molecule has 1 fully saturated rings. The van der Waals surface area contributed by atoms with Crippen molar-refractivity contribution in [1.29, 1.82) is 0 Å². The number of aryl methyl sites for hydroxylation is 1. The summed E-state index contributed by atoms with van der Waals surface area (Å²) in [6.45, 7) is 0.271. The first-order valence-electron chi connectivity index (χ1n) is 16.8. The van der Waals surface area contributed by atoms with Crippen molar-refractivity contribution in [3.8, 4) is 11.1 Å². The van der Waals surface area contributed by atoms with Crippen LogP contribution in [-0.2, 0) is 45.6 Å². The van der Waals surface area contributed by atoms with E-state index in [4.69, 9.17) is 14.2 Å². The molecule has 0 spiro atoms. The normalized spacial score (nSPS) is 17.7. The highest BCUT2D eigenvalue weighted by Crippen LogP contribution is 2.39. The van der Waals surface area contributed by atoms with E-state index in [0.29, 0.717) is 12.8 Å². The van der Waals surface area contributed by atoms with Crippen LogP contribution in [-0.4, -0.2) is 51.7 Å². The van der Waals surface area contributed by atoms with E-state index in [9.17, 15) is 14.7 Å². The lowest BCUT2D eigenvalue weighted by atomic mass is 9.99. The number of aromatic nitrogens is 2. The molecule has 1 aliphatic heterocycles. The Labute approximate surface area is 302 Å². The smallest absolute Gasteiger partial charge is 0.328 e. The summed E-state index contributed by atoms with van der Waals surface area (Å²) in [4.78, 5) is 29.6. The van der Waals surface area contributed by atoms with Crippen molar-refractivity contribution in [3.63, 3.8) is 0 Å². The monoisotopic (exact) mass is 706 g/mol. The van der Waals surface area contributed by atoms with Gasteiger partial charge in [-0.15, -0.1) is 0 Å². The zero-order valence-electron chi connectivity index (χ0n) is 28.6. The highest BCUT2D eigenvalue weighted by atomic mass is 32.2. The second-order valence-electron chi connectivity index (χ2n) is 12.4. The van der Waals surface area contributed by atoms with Crippen LogP contribution < -0.4 is 10.6 Å². The van der Waals surface area contributed by atoms with E-state index in [0.717, 1.165) is 49.9 Å². The Bertz CT molecular complexity index is 1880. The number of methoxy groups -OCH3 is 1. The Hall–Kier alpha value is -4.94. The lowest BCUT2D eigenvalue weighted by Gasteiger charge is -2.36. The van der Waals surface area contributed by atoms with Gasteiger partial charge in [0.15, 0.2) is 11.4 Å². The number of esters is 1. The van der Waals surface area contributed by atoms with Crippen LogP contribution in [0.2, 0.25) is 0 Å². The predicted molar refractivity (Wildman–Crippen MR) is 196 cm³/mol. The molecule has 264 valence electrons. The molecule has 10 nitrogen and oxygen atoms in total. The summed E-state index contributed by atoms with van der Waals surface area (Å²) < 4.78 is 20.0. The van der Waals surface area contributed by atoms with Crippen LogP contribution in [0.3, 0.4) is 0 Å². The number of thioether (sulfide) groups is 1. The summed E-state index contributed by atoms with van der Waals surface area (Å²) in [6, 6.07) is 32.2. The second kappa shape index (κ2) is 17.3. The van der Waals surface area contributed by atoms with Crippen LogP contribution in [0.4, 0.5) is 4.79 Å². The third-order valence-electron chi connectivity index (χ3n) is 8.76. The van der Waals surface area contributed by atoms with Gasteiger partial charge in [-0.05, 0) is 39.4 Å². The topological polar surface area (TPSA) is 124 Å². The van der Waals surface area contributed by atoms with Crippen molar-refractivity contribution in [2.75, 3.05) is 12.9 Å². The Morgan fingerprint density at radius 1 is 0.922 bits per heavy atom. The van der Waals surface area contributed by atoms with E-state index in [2.05, 4.69) is 15.6 Å². The number of rotatable bonds is 13. The summed E-state index contributed by atoms with van der Waals surface area (Å²) in [5, 5.41) is 16.1. The van der Waals surface area contributed by atoms with Crippen LogP contribution in [0, 0.1) is 0 Å². The number of carbonyl (C=O) groups excluding carboxylic acids is 2. The first-order valence-corrected chi connectivity index (χ1v) is 17.8. The van der Waals surface area contributed by atoms with Crippen LogP contribution in [0.25, 0.3) is 11.1 Å². The van der Waals surface area contributed by atoms with E-state index >= 15 is 0 Å². The molecule has 4 aromatic carbocycles. The molecule has 4 atom stereocenters. The Morgan fingerprint density at radius 2 is 1.67 bits per heavy atom. The Balaban J connectivity index is 1.10. The average molecular weight is 707 g/mol. The number of nitrogens with zero attached hydrogens (tertiary/aromatic N) is 2. The summed E-state index contributed by atoms with van der Waals surface area (Å²) in [6.07, 6.45) is 3.93. The van der Waals surface area contributed by atoms with Crippen molar-refractivity contribution in [2.24, 2.45) is 7.05 Å². The molecule has 2 amide bonds. The third kappa shape index (κ3) is 9.65. The van der Waals surface area contributed by atoms with Crippen LogP contribution >= 0.6 is 11.8 Å². The number of hydrogen-bond donors (Lipinski definition) is 3. The second-order valence-corrected chi connectivity index (χ2v) is 13.4. The van der Waals surface area contributed by atoms with Gasteiger partial charge in [0.25, 0.3) is 0 Å². The number of urea groups is 1. The maximum absolute atomic E-state index is 12.8. The molecule has 0 bridgehead atoms. The van der Waals surface area contributed by atoms with Gasteiger partial charge in [0.05, 0.1) is 25.9 Å². The molecule has 6 rings (SSSR count).